The third kappa shape index (κ3) is 1.68. The van der Waals surface area contributed by atoms with Crippen molar-refractivity contribution in [1.29, 1.82) is 0 Å². The first kappa shape index (κ1) is 11.9. The molecule has 102 valence electrons. The average molecular weight is 280 g/mol. The molecule has 2 fully saturated rings. The van der Waals surface area contributed by atoms with Crippen LogP contribution in [0.3, 0.4) is 0 Å². The fourth-order valence-corrected chi connectivity index (χ4v) is 3.73. The van der Waals surface area contributed by atoms with Crippen LogP contribution in [0.4, 0.5) is 0 Å². The number of nitrogens with two attached hydrogens (primary N) is 1. The molecule has 1 spiro atoms. The Bertz CT molecular complexity index is 533. The molecule has 2 saturated carbocycles. The van der Waals surface area contributed by atoms with Crippen molar-refractivity contribution < 1.29 is 9.47 Å². The lowest BCUT2D eigenvalue weighted by molar-refractivity contribution is -0.0716. The molecule has 3 aliphatic rings. The third-order valence-electron chi connectivity index (χ3n) is 4.81. The lowest BCUT2D eigenvalue weighted by Crippen LogP contribution is -2.34. The van der Waals surface area contributed by atoms with Gasteiger partial charge in [-0.2, -0.15) is 0 Å². The van der Waals surface area contributed by atoms with Crippen LogP contribution in [0.25, 0.3) is 0 Å². The summed E-state index contributed by atoms with van der Waals surface area (Å²) in [5, 5.41) is 0.764. The van der Waals surface area contributed by atoms with E-state index in [1.54, 1.807) is 0 Å². The van der Waals surface area contributed by atoms with Gasteiger partial charge in [0.15, 0.2) is 11.5 Å². The molecule has 3 nitrogen and oxygen atoms in total. The van der Waals surface area contributed by atoms with Gasteiger partial charge in [0.1, 0.15) is 0 Å². The number of rotatable bonds is 2. The maximum Gasteiger partial charge on any atom is 0.251 e. The summed E-state index contributed by atoms with van der Waals surface area (Å²) in [5.41, 5.74) is 7.12. The van der Waals surface area contributed by atoms with Crippen LogP contribution in [0.1, 0.15) is 44.1 Å². The van der Waals surface area contributed by atoms with Crippen LogP contribution in [-0.2, 0) is 5.41 Å². The molecule has 2 aliphatic carbocycles. The van der Waals surface area contributed by atoms with Crippen LogP contribution >= 0.6 is 11.6 Å². The topological polar surface area (TPSA) is 44.5 Å². The molecule has 1 heterocycles. The number of fused-ring (bicyclic) bond motifs is 1. The van der Waals surface area contributed by atoms with Crippen molar-refractivity contribution in [3.8, 4) is 11.5 Å². The summed E-state index contributed by atoms with van der Waals surface area (Å²) < 4.78 is 12.1. The highest BCUT2D eigenvalue weighted by Crippen LogP contribution is 2.54. The summed E-state index contributed by atoms with van der Waals surface area (Å²) in [4.78, 5) is 0. The molecular weight excluding hydrogens is 262 g/mol. The van der Waals surface area contributed by atoms with E-state index in [0.717, 1.165) is 47.8 Å². The molecule has 4 heteroatoms. The molecule has 0 unspecified atom stereocenters. The van der Waals surface area contributed by atoms with Gasteiger partial charge in [-0.05, 0) is 37.3 Å². The number of hydrogen-bond acceptors (Lipinski definition) is 3. The van der Waals surface area contributed by atoms with E-state index >= 15 is 0 Å². The quantitative estimate of drug-likeness (QED) is 0.903. The van der Waals surface area contributed by atoms with Gasteiger partial charge in [0.05, 0.1) is 0 Å². The predicted molar refractivity (Wildman–Crippen MR) is 73.9 cm³/mol. The van der Waals surface area contributed by atoms with E-state index < -0.39 is 5.79 Å². The van der Waals surface area contributed by atoms with E-state index in [4.69, 9.17) is 26.8 Å². The molecule has 0 radical (unpaired) electrons. The number of ether oxygens (including phenoxy) is 2. The Balaban J connectivity index is 1.73. The van der Waals surface area contributed by atoms with Crippen molar-refractivity contribution in [1.82, 2.24) is 0 Å². The minimum absolute atomic E-state index is 0.0842. The van der Waals surface area contributed by atoms with Crippen molar-refractivity contribution in [2.24, 2.45) is 5.73 Å². The normalized spacial score (nSPS) is 24.9. The fourth-order valence-electron chi connectivity index (χ4n) is 3.37. The molecule has 1 aromatic carbocycles. The zero-order valence-corrected chi connectivity index (χ0v) is 11.6. The smallest absolute Gasteiger partial charge is 0.251 e. The highest BCUT2D eigenvalue weighted by atomic mass is 35.5. The van der Waals surface area contributed by atoms with Crippen molar-refractivity contribution in [3.63, 3.8) is 0 Å². The summed E-state index contributed by atoms with van der Waals surface area (Å²) in [6.45, 7) is 0.650. The van der Waals surface area contributed by atoms with Crippen LogP contribution < -0.4 is 15.2 Å². The Morgan fingerprint density at radius 1 is 1.05 bits per heavy atom. The second-order valence-corrected chi connectivity index (χ2v) is 6.49. The second-order valence-electron chi connectivity index (χ2n) is 6.09. The summed E-state index contributed by atoms with van der Waals surface area (Å²) in [5.74, 6) is 1.23. The lowest BCUT2D eigenvalue weighted by Gasteiger charge is -2.21. The first-order valence-electron chi connectivity index (χ1n) is 7.09. The van der Waals surface area contributed by atoms with Gasteiger partial charge in [-0.15, -0.1) is 0 Å². The van der Waals surface area contributed by atoms with Crippen LogP contribution in [-0.4, -0.2) is 12.3 Å². The number of benzene rings is 1. The molecule has 1 aromatic rings. The number of halogens is 1. The monoisotopic (exact) mass is 279 g/mol. The van der Waals surface area contributed by atoms with Gasteiger partial charge < -0.3 is 15.2 Å². The van der Waals surface area contributed by atoms with E-state index in [1.165, 1.54) is 12.8 Å². The van der Waals surface area contributed by atoms with E-state index in [1.807, 2.05) is 6.07 Å². The fraction of sp³-hybridized carbons (Fsp3) is 0.600. The van der Waals surface area contributed by atoms with Gasteiger partial charge in [0.25, 0.3) is 5.79 Å². The summed E-state index contributed by atoms with van der Waals surface area (Å²) in [6, 6.07) is 3.97. The lowest BCUT2D eigenvalue weighted by atomic mass is 9.95. The zero-order valence-electron chi connectivity index (χ0n) is 10.9. The van der Waals surface area contributed by atoms with Crippen LogP contribution in [0.2, 0.25) is 5.02 Å². The van der Waals surface area contributed by atoms with Gasteiger partial charge >= 0.3 is 0 Å². The molecular formula is C15H18ClNO2. The Labute approximate surface area is 118 Å². The highest BCUT2D eigenvalue weighted by molar-refractivity contribution is 6.31. The Morgan fingerprint density at radius 2 is 1.68 bits per heavy atom. The highest BCUT2D eigenvalue weighted by Gasteiger charge is 2.48. The number of hydrogen-bond donors (Lipinski definition) is 1. The third-order valence-corrected chi connectivity index (χ3v) is 5.12. The van der Waals surface area contributed by atoms with Crippen molar-refractivity contribution >= 4 is 11.6 Å². The summed E-state index contributed by atoms with van der Waals surface area (Å²) in [6.07, 6.45) is 6.51. The van der Waals surface area contributed by atoms with Gasteiger partial charge in [-0.25, -0.2) is 0 Å². The average Bonchev–Trinajstić information content (AvgIpc) is 2.94. The molecule has 19 heavy (non-hydrogen) atoms. The first-order chi connectivity index (χ1) is 9.16. The van der Waals surface area contributed by atoms with E-state index in [9.17, 15) is 0 Å². The predicted octanol–water partition coefficient (Wildman–Crippen LogP) is 3.37. The van der Waals surface area contributed by atoms with E-state index in [0.29, 0.717) is 6.54 Å². The second kappa shape index (κ2) is 3.80. The molecule has 4 rings (SSSR count). The summed E-state index contributed by atoms with van der Waals surface area (Å²) in [7, 11) is 0. The van der Waals surface area contributed by atoms with Crippen molar-refractivity contribution in [2.45, 2.75) is 49.7 Å². The summed E-state index contributed by atoms with van der Waals surface area (Å²) >= 11 is 6.42. The van der Waals surface area contributed by atoms with Gasteiger partial charge in [0.2, 0.25) is 0 Å². The Kier molecular flexibility index (Phi) is 2.37. The SMILES string of the molecule is NCC1(c2cc3c(cc2Cl)OC2(CCCC2)O3)CC1. The van der Waals surface area contributed by atoms with Gasteiger partial charge in [0, 0.05) is 35.9 Å². The van der Waals surface area contributed by atoms with Crippen molar-refractivity contribution in [3.05, 3.63) is 22.7 Å². The van der Waals surface area contributed by atoms with Crippen molar-refractivity contribution in [2.75, 3.05) is 6.54 Å². The largest absolute Gasteiger partial charge is 0.448 e. The minimum Gasteiger partial charge on any atom is -0.448 e. The Hall–Kier alpha value is -0.930. The van der Waals surface area contributed by atoms with Crippen LogP contribution in [0.5, 0.6) is 11.5 Å². The molecule has 2 N–H and O–H groups in total. The van der Waals surface area contributed by atoms with Gasteiger partial charge in [-0.3, -0.25) is 0 Å². The maximum absolute atomic E-state index is 6.42. The maximum atomic E-state index is 6.42. The van der Waals surface area contributed by atoms with E-state index in [-0.39, 0.29) is 5.41 Å². The molecule has 0 bridgehead atoms. The van der Waals surface area contributed by atoms with Crippen LogP contribution in [0.15, 0.2) is 12.1 Å². The van der Waals surface area contributed by atoms with Crippen LogP contribution in [0, 0.1) is 0 Å². The minimum atomic E-state index is -0.413. The zero-order chi connectivity index (χ0) is 13.1. The molecule has 0 amide bonds. The molecule has 0 saturated heterocycles. The molecule has 1 aliphatic heterocycles. The van der Waals surface area contributed by atoms with Gasteiger partial charge in [-0.1, -0.05) is 11.6 Å². The molecule has 0 atom stereocenters. The first-order valence-corrected chi connectivity index (χ1v) is 7.46. The molecule has 0 aromatic heterocycles. The van der Waals surface area contributed by atoms with E-state index in [2.05, 4.69) is 6.07 Å². The standard InChI is InChI=1S/C15H18ClNO2/c16-11-8-13-12(7-10(11)14(9-17)5-6-14)18-15(19-13)3-1-2-4-15/h7-8H,1-6,9,17H2. The Morgan fingerprint density at radius 3 is 2.26 bits per heavy atom.